The summed E-state index contributed by atoms with van der Waals surface area (Å²) < 4.78 is 0. The zero-order valence-electron chi connectivity index (χ0n) is 6.75. The van der Waals surface area contributed by atoms with Gasteiger partial charge in [-0.3, -0.25) is 0 Å². The molecule has 3 heteroatoms. The number of aromatic hydroxyl groups is 1. The van der Waals surface area contributed by atoms with E-state index >= 15 is 0 Å². The first kappa shape index (κ1) is 7.58. The van der Waals surface area contributed by atoms with Crippen molar-refractivity contribution in [3.05, 3.63) is 29.3 Å². The normalized spacial score (nSPS) is 19.2. The molecule has 2 rings (SSSR count). The van der Waals surface area contributed by atoms with Crippen molar-refractivity contribution < 1.29 is 5.11 Å². The van der Waals surface area contributed by atoms with E-state index in [1.807, 2.05) is 6.07 Å². The molecule has 0 saturated heterocycles. The van der Waals surface area contributed by atoms with Gasteiger partial charge in [0.05, 0.1) is 5.66 Å². The molecule has 0 heterocycles. The predicted molar refractivity (Wildman–Crippen MR) is 46.5 cm³/mol. The Morgan fingerprint density at radius 1 is 1.33 bits per heavy atom. The van der Waals surface area contributed by atoms with Gasteiger partial charge in [-0.05, 0) is 36.1 Å². The summed E-state index contributed by atoms with van der Waals surface area (Å²) in [6.45, 7) is 0. The summed E-state index contributed by atoms with van der Waals surface area (Å²) in [5.41, 5.74) is 12.9. The van der Waals surface area contributed by atoms with Crippen molar-refractivity contribution in [2.24, 2.45) is 11.5 Å². The van der Waals surface area contributed by atoms with Crippen LogP contribution >= 0.6 is 0 Å². The molecule has 1 aromatic rings. The van der Waals surface area contributed by atoms with Crippen LogP contribution in [0.3, 0.4) is 0 Å². The maximum atomic E-state index is 9.22. The van der Waals surface area contributed by atoms with Gasteiger partial charge in [-0.1, -0.05) is 6.07 Å². The highest BCUT2D eigenvalue weighted by atomic mass is 16.3. The molecule has 1 aliphatic rings. The molecule has 0 aromatic heterocycles. The highest BCUT2D eigenvalue weighted by Crippen LogP contribution is 2.32. The third-order valence-electron chi connectivity index (χ3n) is 2.40. The van der Waals surface area contributed by atoms with Gasteiger partial charge in [0, 0.05) is 0 Å². The van der Waals surface area contributed by atoms with Crippen LogP contribution in [-0.2, 0) is 12.1 Å². The number of hydrogen-bond acceptors (Lipinski definition) is 3. The van der Waals surface area contributed by atoms with Gasteiger partial charge in [0.15, 0.2) is 0 Å². The molecular formula is C9H12N2O. The van der Waals surface area contributed by atoms with Crippen LogP contribution in [0.4, 0.5) is 0 Å². The molecule has 0 aliphatic heterocycles. The lowest BCUT2D eigenvalue weighted by atomic mass is 10.0. The Morgan fingerprint density at radius 3 is 2.83 bits per heavy atom. The van der Waals surface area contributed by atoms with Gasteiger partial charge in [0.25, 0.3) is 0 Å². The van der Waals surface area contributed by atoms with Gasteiger partial charge >= 0.3 is 0 Å². The van der Waals surface area contributed by atoms with Crippen LogP contribution in [0.25, 0.3) is 0 Å². The molecule has 0 spiro atoms. The summed E-state index contributed by atoms with van der Waals surface area (Å²) in [7, 11) is 0. The third-order valence-corrected chi connectivity index (χ3v) is 2.40. The van der Waals surface area contributed by atoms with Gasteiger partial charge in [-0.25, -0.2) is 0 Å². The van der Waals surface area contributed by atoms with Crippen LogP contribution in [-0.4, -0.2) is 5.11 Å². The maximum Gasteiger partial charge on any atom is 0.115 e. The lowest BCUT2D eigenvalue weighted by Gasteiger charge is -2.18. The van der Waals surface area contributed by atoms with Crippen LogP contribution in [0.15, 0.2) is 18.2 Å². The molecule has 0 unspecified atom stereocenters. The van der Waals surface area contributed by atoms with Crippen LogP contribution in [0, 0.1) is 0 Å². The molecule has 64 valence electrons. The average molecular weight is 164 g/mol. The lowest BCUT2D eigenvalue weighted by molar-refractivity contribution is 0.451. The molecule has 0 radical (unpaired) electrons. The minimum atomic E-state index is -0.742. The summed E-state index contributed by atoms with van der Waals surface area (Å²) in [6.07, 6.45) is 1.66. The van der Waals surface area contributed by atoms with Crippen LogP contribution < -0.4 is 11.5 Å². The fraction of sp³-hybridized carbons (Fsp3) is 0.333. The topological polar surface area (TPSA) is 72.3 Å². The van der Waals surface area contributed by atoms with E-state index in [-0.39, 0.29) is 5.75 Å². The summed E-state index contributed by atoms with van der Waals surface area (Å²) in [5, 5.41) is 9.22. The van der Waals surface area contributed by atoms with Crippen molar-refractivity contribution in [1.29, 1.82) is 0 Å². The van der Waals surface area contributed by atoms with Gasteiger partial charge in [-0.2, -0.15) is 0 Å². The summed E-state index contributed by atoms with van der Waals surface area (Å²) >= 11 is 0. The molecule has 5 N–H and O–H groups in total. The predicted octanol–water partition coefficient (Wildman–Crippen LogP) is 0.409. The Bertz CT molecular complexity index is 320. The Balaban J connectivity index is 2.57. The number of benzene rings is 1. The number of phenolic OH excluding ortho intramolecular Hbond substituents is 1. The van der Waals surface area contributed by atoms with Crippen LogP contribution in [0.5, 0.6) is 5.75 Å². The number of phenols is 1. The standard InChI is InChI=1S/C9H12N2O/c10-9(11)4-3-6-1-2-7(12)5-8(6)9/h1-2,5,12H,3-4,10-11H2. The van der Waals surface area contributed by atoms with Crippen LogP contribution in [0.1, 0.15) is 17.5 Å². The monoisotopic (exact) mass is 164 g/mol. The molecule has 0 saturated carbocycles. The Labute approximate surface area is 71.0 Å². The minimum absolute atomic E-state index is 0.232. The molecule has 12 heavy (non-hydrogen) atoms. The zero-order chi connectivity index (χ0) is 8.77. The molecule has 0 amide bonds. The van der Waals surface area contributed by atoms with Crippen molar-refractivity contribution in [3.8, 4) is 5.75 Å². The Hall–Kier alpha value is -1.06. The molecule has 1 aliphatic carbocycles. The summed E-state index contributed by atoms with van der Waals surface area (Å²) in [5.74, 6) is 0.232. The summed E-state index contributed by atoms with van der Waals surface area (Å²) in [4.78, 5) is 0. The first-order valence-electron chi connectivity index (χ1n) is 4.00. The molecule has 0 atom stereocenters. The van der Waals surface area contributed by atoms with Crippen molar-refractivity contribution in [2.45, 2.75) is 18.5 Å². The molecular weight excluding hydrogens is 152 g/mol. The van der Waals surface area contributed by atoms with E-state index in [1.54, 1.807) is 12.1 Å². The average Bonchev–Trinajstić information content (AvgIpc) is 2.28. The second-order valence-electron chi connectivity index (χ2n) is 3.38. The van der Waals surface area contributed by atoms with Gasteiger partial charge < -0.3 is 16.6 Å². The van der Waals surface area contributed by atoms with Crippen molar-refractivity contribution >= 4 is 0 Å². The van der Waals surface area contributed by atoms with E-state index in [9.17, 15) is 5.11 Å². The van der Waals surface area contributed by atoms with Crippen molar-refractivity contribution in [2.75, 3.05) is 0 Å². The highest BCUT2D eigenvalue weighted by molar-refractivity contribution is 5.42. The van der Waals surface area contributed by atoms with E-state index < -0.39 is 5.66 Å². The van der Waals surface area contributed by atoms with Crippen LogP contribution in [0.2, 0.25) is 0 Å². The lowest BCUT2D eigenvalue weighted by Crippen LogP contribution is -2.43. The number of aryl methyl sites for hydroxylation is 1. The molecule has 1 aromatic carbocycles. The van der Waals surface area contributed by atoms with E-state index in [0.717, 1.165) is 24.0 Å². The Morgan fingerprint density at radius 2 is 2.08 bits per heavy atom. The second kappa shape index (κ2) is 2.21. The van der Waals surface area contributed by atoms with Crippen molar-refractivity contribution in [3.63, 3.8) is 0 Å². The largest absolute Gasteiger partial charge is 0.508 e. The van der Waals surface area contributed by atoms with Gasteiger partial charge in [0.1, 0.15) is 5.75 Å². The SMILES string of the molecule is NC1(N)CCc2ccc(O)cc21. The van der Waals surface area contributed by atoms with E-state index in [2.05, 4.69) is 0 Å². The van der Waals surface area contributed by atoms with Gasteiger partial charge in [-0.15, -0.1) is 0 Å². The number of fused-ring (bicyclic) bond motifs is 1. The fourth-order valence-electron chi connectivity index (χ4n) is 1.69. The quantitative estimate of drug-likeness (QED) is 0.486. The highest BCUT2D eigenvalue weighted by Gasteiger charge is 2.30. The Kier molecular flexibility index (Phi) is 1.40. The smallest absolute Gasteiger partial charge is 0.115 e. The second-order valence-corrected chi connectivity index (χ2v) is 3.38. The third kappa shape index (κ3) is 0.983. The van der Waals surface area contributed by atoms with Crippen molar-refractivity contribution in [1.82, 2.24) is 0 Å². The first-order chi connectivity index (χ1) is 5.59. The molecule has 0 fully saturated rings. The number of hydrogen-bond donors (Lipinski definition) is 3. The van der Waals surface area contributed by atoms with E-state index in [1.165, 1.54) is 0 Å². The first-order valence-corrected chi connectivity index (χ1v) is 4.00. The molecule has 0 bridgehead atoms. The maximum absolute atomic E-state index is 9.22. The van der Waals surface area contributed by atoms with Gasteiger partial charge in [0.2, 0.25) is 0 Å². The molecule has 3 nitrogen and oxygen atoms in total. The summed E-state index contributed by atoms with van der Waals surface area (Å²) in [6, 6.07) is 5.20. The number of rotatable bonds is 0. The number of nitrogens with two attached hydrogens (primary N) is 2. The zero-order valence-corrected chi connectivity index (χ0v) is 6.75. The minimum Gasteiger partial charge on any atom is -0.508 e. The van der Waals surface area contributed by atoms with E-state index in [0.29, 0.717) is 0 Å². The fourth-order valence-corrected chi connectivity index (χ4v) is 1.69. The van der Waals surface area contributed by atoms with E-state index in [4.69, 9.17) is 11.5 Å².